The molecule has 1 unspecified atom stereocenters. The van der Waals surface area contributed by atoms with Gasteiger partial charge in [-0.1, -0.05) is 29.5 Å². The second kappa shape index (κ2) is 9.46. The molecule has 3 aliphatic rings. The van der Waals surface area contributed by atoms with Crippen molar-refractivity contribution < 1.29 is 17.3 Å². The van der Waals surface area contributed by atoms with Crippen LogP contribution in [0.2, 0.25) is 0 Å². The van der Waals surface area contributed by atoms with Crippen LogP contribution in [0.3, 0.4) is 0 Å². The van der Waals surface area contributed by atoms with E-state index in [2.05, 4.69) is 47.6 Å². The Morgan fingerprint density at radius 2 is 1.76 bits per heavy atom. The Balaban J connectivity index is 1.38. The summed E-state index contributed by atoms with van der Waals surface area (Å²) in [5, 5.41) is 8.91. The molecule has 0 saturated heterocycles. The standard InChI is InChI=1S/C28H30N4O4S/c1-19-6-7-21-14-22-8-10-26-28(20(22)2)29-30-32(26)12-4-3-5-13-35-25-9-11-27-24(16-25)18-31(17-23(19)15-21)37(33,34)36-27/h6-11,15-16H,3-5,12-14,17-18H2,1-2H3. The Morgan fingerprint density at radius 1 is 0.892 bits per heavy atom. The quantitative estimate of drug-likeness (QED) is 0.331. The maximum atomic E-state index is 13.0. The van der Waals surface area contributed by atoms with E-state index < -0.39 is 10.3 Å². The van der Waals surface area contributed by atoms with Crippen LogP contribution in [0.1, 0.15) is 52.6 Å². The maximum Gasteiger partial charge on any atom is 0.385 e. The van der Waals surface area contributed by atoms with Gasteiger partial charge in [0.2, 0.25) is 0 Å². The summed E-state index contributed by atoms with van der Waals surface area (Å²) in [5.74, 6) is 1.09. The topological polar surface area (TPSA) is 86.5 Å². The number of aromatic nitrogens is 3. The molecule has 4 heterocycles. The van der Waals surface area contributed by atoms with Gasteiger partial charge in [0.25, 0.3) is 0 Å². The number of ether oxygens (including phenoxy) is 1. The monoisotopic (exact) mass is 518 g/mol. The molecule has 192 valence electrons. The first-order valence-corrected chi connectivity index (χ1v) is 14.1. The lowest BCUT2D eigenvalue weighted by Gasteiger charge is -2.28. The van der Waals surface area contributed by atoms with Crippen molar-refractivity contribution >= 4 is 21.3 Å². The van der Waals surface area contributed by atoms with Gasteiger partial charge in [0.05, 0.1) is 12.1 Å². The highest BCUT2D eigenvalue weighted by molar-refractivity contribution is 7.84. The zero-order valence-electron chi connectivity index (χ0n) is 21.1. The van der Waals surface area contributed by atoms with E-state index in [0.29, 0.717) is 12.4 Å². The fraction of sp³-hybridized carbons (Fsp3) is 0.357. The lowest BCUT2D eigenvalue weighted by molar-refractivity contribution is 0.297. The lowest BCUT2D eigenvalue weighted by Crippen LogP contribution is -2.37. The van der Waals surface area contributed by atoms with Gasteiger partial charge in [0, 0.05) is 25.2 Å². The Hall–Kier alpha value is -3.43. The van der Waals surface area contributed by atoms with E-state index in [1.807, 2.05) is 17.7 Å². The fourth-order valence-corrected chi connectivity index (χ4v) is 6.22. The molecule has 3 aromatic carbocycles. The fourth-order valence-electron chi connectivity index (χ4n) is 5.13. The summed E-state index contributed by atoms with van der Waals surface area (Å²) in [5.41, 5.74) is 8.22. The minimum Gasteiger partial charge on any atom is -0.494 e. The summed E-state index contributed by atoms with van der Waals surface area (Å²) in [4.78, 5) is 0. The van der Waals surface area contributed by atoms with Crippen LogP contribution in [0, 0.1) is 13.8 Å². The molecule has 9 heteroatoms. The molecule has 0 saturated carbocycles. The van der Waals surface area contributed by atoms with E-state index in [9.17, 15) is 8.42 Å². The number of fused-ring (bicyclic) bond motifs is 6. The highest BCUT2D eigenvalue weighted by Crippen LogP contribution is 2.33. The number of benzene rings is 3. The minimum absolute atomic E-state index is 0.235. The zero-order chi connectivity index (χ0) is 25.6. The highest BCUT2D eigenvalue weighted by atomic mass is 32.2. The van der Waals surface area contributed by atoms with Gasteiger partial charge in [-0.25, -0.2) is 4.68 Å². The van der Waals surface area contributed by atoms with Crippen molar-refractivity contribution in [2.75, 3.05) is 6.61 Å². The molecule has 4 aromatic rings. The predicted octanol–water partition coefficient (Wildman–Crippen LogP) is 4.84. The Morgan fingerprint density at radius 3 is 2.65 bits per heavy atom. The maximum absolute atomic E-state index is 13.0. The molecular weight excluding hydrogens is 488 g/mol. The summed E-state index contributed by atoms with van der Waals surface area (Å²) >= 11 is 0. The van der Waals surface area contributed by atoms with Crippen molar-refractivity contribution in [3.05, 3.63) is 81.9 Å². The molecule has 0 radical (unpaired) electrons. The average molecular weight is 519 g/mol. The summed E-state index contributed by atoms with van der Waals surface area (Å²) < 4.78 is 40.8. The second-order valence-corrected chi connectivity index (χ2v) is 11.5. The Kier molecular flexibility index (Phi) is 6.12. The third-order valence-corrected chi connectivity index (χ3v) is 8.66. The molecule has 7 rings (SSSR count). The summed E-state index contributed by atoms with van der Waals surface area (Å²) in [7, 11) is -3.90. The molecule has 8 nitrogen and oxygen atoms in total. The van der Waals surface area contributed by atoms with Gasteiger partial charge in [-0.05, 0) is 91.6 Å². The molecule has 3 aliphatic heterocycles. The van der Waals surface area contributed by atoms with Crippen molar-refractivity contribution in [2.24, 2.45) is 0 Å². The first-order valence-electron chi connectivity index (χ1n) is 12.7. The van der Waals surface area contributed by atoms with Crippen LogP contribution in [-0.2, 0) is 36.4 Å². The van der Waals surface area contributed by atoms with Gasteiger partial charge in [0.1, 0.15) is 17.0 Å². The minimum atomic E-state index is -3.90. The van der Waals surface area contributed by atoms with Crippen LogP contribution in [0.4, 0.5) is 0 Å². The van der Waals surface area contributed by atoms with Crippen LogP contribution in [0.15, 0.2) is 48.5 Å². The molecule has 0 amide bonds. The van der Waals surface area contributed by atoms with Crippen LogP contribution < -0.4 is 8.92 Å². The average Bonchev–Trinajstić information content (AvgIpc) is 3.28. The van der Waals surface area contributed by atoms with Crippen molar-refractivity contribution in [1.82, 2.24) is 19.3 Å². The van der Waals surface area contributed by atoms with Crippen molar-refractivity contribution in [1.29, 1.82) is 0 Å². The smallest absolute Gasteiger partial charge is 0.385 e. The summed E-state index contributed by atoms with van der Waals surface area (Å²) in [6.07, 6.45) is 3.64. The third kappa shape index (κ3) is 4.69. The second-order valence-electron chi connectivity index (χ2n) is 9.96. The SMILES string of the molecule is Cc1ccc2cc1CN1Cc3cc(ccc3OS1(=O)=O)OCCCCCn1nnc3c(C)c(ccc31)C2. The number of rotatable bonds is 0. The number of hydrogen-bond donors (Lipinski definition) is 0. The Bertz CT molecular complexity index is 1600. The predicted molar refractivity (Wildman–Crippen MR) is 141 cm³/mol. The molecule has 9 bridgehead atoms. The van der Waals surface area contributed by atoms with Crippen molar-refractivity contribution in [2.45, 2.75) is 59.2 Å². The van der Waals surface area contributed by atoms with Gasteiger partial charge < -0.3 is 8.92 Å². The van der Waals surface area contributed by atoms with Gasteiger partial charge >= 0.3 is 10.3 Å². The van der Waals surface area contributed by atoms with E-state index in [1.165, 1.54) is 9.87 Å². The molecule has 0 fully saturated rings. The molecule has 1 aromatic heterocycles. The van der Waals surface area contributed by atoms with E-state index in [1.54, 1.807) is 12.1 Å². The molecule has 1 atom stereocenters. The van der Waals surface area contributed by atoms with Gasteiger partial charge in [-0.15, -0.1) is 5.10 Å². The van der Waals surface area contributed by atoms with E-state index in [-0.39, 0.29) is 13.1 Å². The number of aryl methyl sites for hydroxylation is 3. The van der Waals surface area contributed by atoms with Gasteiger partial charge in [0.15, 0.2) is 0 Å². The van der Waals surface area contributed by atoms with E-state index >= 15 is 0 Å². The molecule has 0 N–H and O–H groups in total. The third-order valence-electron chi connectivity index (χ3n) is 7.38. The molecular formula is C28H30N4O4S. The van der Waals surface area contributed by atoms with Crippen molar-refractivity contribution in [3.8, 4) is 11.5 Å². The normalized spacial score (nSPS) is 19.4. The Labute approximate surface area is 217 Å². The van der Waals surface area contributed by atoms with E-state index in [0.717, 1.165) is 76.8 Å². The molecule has 37 heavy (non-hydrogen) atoms. The lowest BCUT2D eigenvalue weighted by atomic mass is 9.96. The van der Waals surface area contributed by atoms with Crippen molar-refractivity contribution in [3.63, 3.8) is 0 Å². The summed E-state index contributed by atoms with van der Waals surface area (Å²) in [6.45, 7) is 5.99. The zero-order valence-corrected chi connectivity index (χ0v) is 21.9. The number of nitrogens with zero attached hydrogens (tertiary/aromatic N) is 4. The van der Waals surface area contributed by atoms with Crippen LogP contribution >= 0.6 is 0 Å². The van der Waals surface area contributed by atoms with E-state index in [4.69, 9.17) is 8.92 Å². The largest absolute Gasteiger partial charge is 0.494 e. The van der Waals surface area contributed by atoms with Crippen LogP contribution in [0.5, 0.6) is 11.5 Å². The summed E-state index contributed by atoms with van der Waals surface area (Å²) in [6, 6.07) is 15.9. The first-order chi connectivity index (χ1) is 17.9. The van der Waals surface area contributed by atoms with Crippen LogP contribution in [0.25, 0.3) is 11.0 Å². The number of hydrogen-bond acceptors (Lipinski definition) is 6. The van der Waals surface area contributed by atoms with Crippen LogP contribution in [-0.4, -0.2) is 34.3 Å². The molecule has 0 aliphatic carbocycles. The first kappa shape index (κ1) is 23.9. The molecule has 0 spiro atoms. The van der Waals surface area contributed by atoms with Gasteiger partial charge in [-0.2, -0.15) is 12.7 Å². The van der Waals surface area contributed by atoms with Gasteiger partial charge in [-0.3, -0.25) is 0 Å². The highest BCUT2D eigenvalue weighted by Gasteiger charge is 2.32.